The molecule has 2 aromatic carbocycles. The molecule has 1 N–H and O–H groups in total. The molecule has 1 aliphatic heterocycles. The van der Waals surface area contributed by atoms with E-state index in [-0.39, 0.29) is 4.90 Å². The van der Waals surface area contributed by atoms with Crippen LogP contribution in [0.1, 0.15) is 18.5 Å². The summed E-state index contributed by atoms with van der Waals surface area (Å²) in [5.41, 5.74) is 0.674. The van der Waals surface area contributed by atoms with Gasteiger partial charge in [-0.2, -0.15) is 0 Å². The second kappa shape index (κ2) is 7.43. The summed E-state index contributed by atoms with van der Waals surface area (Å²) < 4.78 is 49.7. The molecule has 1 aliphatic rings. The highest BCUT2D eigenvalue weighted by molar-refractivity contribution is 7.89. The van der Waals surface area contributed by atoms with Gasteiger partial charge in [0.25, 0.3) is 0 Å². The van der Waals surface area contributed by atoms with Crippen LogP contribution in [0.3, 0.4) is 0 Å². The lowest BCUT2D eigenvalue weighted by Crippen LogP contribution is -2.27. The lowest BCUT2D eigenvalue weighted by molar-refractivity contribution is 0.171. The number of ether oxygens (including phenoxy) is 4. The minimum Gasteiger partial charge on any atom is -0.497 e. The number of fused-ring (bicyclic) bond motifs is 1. The quantitative estimate of drug-likeness (QED) is 0.830. The molecule has 2 aromatic rings. The number of methoxy groups -OCH3 is 2. The van der Waals surface area contributed by atoms with Gasteiger partial charge < -0.3 is 18.9 Å². The lowest BCUT2D eigenvalue weighted by atomic mass is 10.1. The Morgan fingerprint density at radius 1 is 1.00 bits per heavy atom. The number of rotatable bonds is 6. The first kappa shape index (κ1) is 18.3. The molecule has 7 nitrogen and oxygen atoms in total. The molecule has 0 saturated carbocycles. The highest BCUT2D eigenvalue weighted by Gasteiger charge is 2.23. The summed E-state index contributed by atoms with van der Waals surface area (Å²) in [5, 5.41) is 0. The van der Waals surface area contributed by atoms with Gasteiger partial charge in [0, 0.05) is 17.7 Å². The highest BCUT2D eigenvalue weighted by atomic mass is 32.2. The van der Waals surface area contributed by atoms with Gasteiger partial charge in [-0.1, -0.05) is 0 Å². The van der Waals surface area contributed by atoms with Crippen molar-refractivity contribution >= 4 is 10.0 Å². The molecule has 0 aromatic heterocycles. The Labute approximate surface area is 152 Å². The van der Waals surface area contributed by atoms with Gasteiger partial charge in [-0.3, -0.25) is 0 Å². The molecule has 0 radical (unpaired) electrons. The van der Waals surface area contributed by atoms with Crippen molar-refractivity contribution in [1.82, 2.24) is 4.72 Å². The fourth-order valence-electron chi connectivity index (χ4n) is 2.73. The Morgan fingerprint density at radius 2 is 1.73 bits per heavy atom. The molecule has 140 valence electrons. The van der Waals surface area contributed by atoms with Crippen molar-refractivity contribution in [3.63, 3.8) is 0 Å². The number of benzene rings is 2. The predicted molar refractivity (Wildman–Crippen MR) is 95.7 cm³/mol. The smallest absolute Gasteiger partial charge is 0.241 e. The van der Waals surface area contributed by atoms with E-state index in [4.69, 9.17) is 18.9 Å². The van der Waals surface area contributed by atoms with Crippen LogP contribution in [-0.2, 0) is 10.0 Å². The van der Waals surface area contributed by atoms with E-state index in [1.54, 1.807) is 38.3 Å². The third-order valence-electron chi connectivity index (χ3n) is 4.06. The number of hydrogen-bond acceptors (Lipinski definition) is 6. The summed E-state index contributed by atoms with van der Waals surface area (Å²) in [4.78, 5) is 0.107. The van der Waals surface area contributed by atoms with E-state index >= 15 is 0 Å². The molecule has 1 atom stereocenters. The van der Waals surface area contributed by atoms with Gasteiger partial charge in [-0.15, -0.1) is 0 Å². The maximum Gasteiger partial charge on any atom is 0.241 e. The summed E-state index contributed by atoms with van der Waals surface area (Å²) in [5.74, 6) is 2.15. The third kappa shape index (κ3) is 3.71. The summed E-state index contributed by atoms with van der Waals surface area (Å²) in [7, 11) is -0.681. The lowest BCUT2D eigenvalue weighted by Gasteiger charge is -2.20. The topological polar surface area (TPSA) is 83.1 Å². The average molecular weight is 379 g/mol. The Morgan fingerprint density at radius 3 is 2.42 bits per heavy atom. The zero-order valence-corrected chi connectivity index (χ0v) is 15.6. The Kier molecular flexibility index (Phi) is 5.24. The van der Waals surface area contributed by atoms with Crippen LogP contribution >= 0.6 is 0 Å². The molecular formula is C18H21NO6S. The van der Waals surface area contributed by atoms with E-state index < -0.39 is 16.1 Å². The van der Waals surface area contributed by atoms with Gasteiger partial charge in [-0.25, -0.2) is 13.1 Å². The van der Waals surface area contributed by atoms with Crippen molar-refractivity contribution in [3.8, 4) is 23.0 Å². The Bertz CT molecular complexity index is 897. The molecule has 0 bridgehead atoms. The monoisotopic (exact) mass is 379 g/mol. The van der Waals surface area contributed by atoms with E-state index in [9.17, 15) is 8.42 Å². The molecule has 0 aliphatic carbocycles. The summed E-state index contributed by atoms with van der Waals surface area (Å²) in [6.45, 7) is 2.58. The van der Waals surface area contributed by atoms with Crippen molar-refractivity contribution in [3.05, 3.63) is 42.0 Å². The molecule has 0 fully saturated rings. The Balaban J connectivity index is 1.87. The van der Waals surface area contributed by atoms with Crippen molar-refractivity contribution in [2.75, 3.05) is 27.4 Å². The largest absolute Gasteiger partial charge is 0.497 e. The first-order valence-corrected chi connectivity index (χ1v) is 9.57. The molecule has 1 unspecified atom stereocenters. The van der Waals surface area contributed by atoms with Crippen LogP contribution in [0.5, 0.6) is 23.0 Å². The average Bonchev–Trinajstić information content (AvgIpc) is 2.66. The zero-order valence-electron chi connectivity index (χ0n) is 14.8. The number of nitrogens with one attached hydrogen (secondary N) is 1. The number of sulfonamides is 1. The standard InChI is InChI=1S/C18H21NO6S/c1-12(15-10-13(22-2)4-6-16(15)23-3)19-26(20,21)14-5-7-17-18(11-14)25-9-8-24-17/h4-7,10-12,19H,8-9H2,1-3H3. The van der Waals surface area contributed by atoms with Crippen LogP contribution in [0.4, 0.5) is 0 Å². The van der Waals surface area contributed by atoms with E-state index in [2.05, 4.69) is 4.72 Å². The second-order valence-electron chi connectivity index (χ2n) is 5.76. The third-order valence-corrected chi connectivity index (χ3v) is 5.60. The fourth-order valence-corrected chi connectivity index (χ4v) is 3.97. The molecule has 0 spiro atoms. The maximum absolute atomic E-state index is 12.8. The SMILES string of the molecule is COc1ccc(OC)c(C(C)NS(=O)(=O)c2ccc3c(c2)OCCO3)c1. The summed E-state index contributed by atoms with van der Waals surface area (Å²) in [6.07, 6.45) is 0. The van der Waals surface area contributed by atoms with Crippen LogP contribution in [0.15, 0.2) is 41.3 Å². The van der Waals surface area contributed by atoms with Gasteiger partial charge in [0.2, 0.25) is 10.0 Å². The predicted octanol–water partition coefficient (Wildman–Crippen LogP) is 2.51. The highest BCUT2D eigenvalue weighted by Crippen LogP contribution is 2.34. The molecule has 1 heterocycles. The minimum absolute atomic E-state index is 0.107. The summed E-state index contributed by atoms with van der Waals surface area (Å²) in [6, 6.07) is 9.26. The second-order valence-corrected chi connectivity index (χ2v) is 7.47. The first-order chi connectivity index (χ1) is 12.4. The van der Waals surface area contributed by atoms with E-state index in [1.807, 2.05) is 0 Å². The van der Waals surface area contributed by atoms with E-state index in [0.717, 1.165) is 0 Å². The Hall–Kier alpha value is -2.45. The number of hydrogen-bond donors (Lipinski definition) is 1. The van der Waals surface area contributed by atoms with Crippen LogP contribution in [0.2, 0.25) is 0 Å². The van der Waals surface area contributed by atoms with Crippen molar-refractivity contribution in [1.29, 1.82) is 0 Å². The van der Waals surface area contributed by atoms with Gasteiger partial charge >= 0.3 is 0 Å². The van der Waals surface area contributed by atoms with Crippen LogP contribution in [0, 0.1) is 0 Å². The van der Waals surface area contributed by atoms with Gasteiger partial charge in [-0.05, 0) is 37.3 Å². The molecule has 3 rings (SSSR count). The fraction of sp³-hybridized carbons (Fsp3) is 0.333. The van der Waals surface area contributed by atoms with E-state index in [1.165, 1.54) is 19.2 Å². The minimum atomic E-state index is -3.77. The van der Waals surface area contributed by atoms with E-state index in [0.29, 0.717) is 41.8 Å². The van der Waals surface area contributed by atoms with Crippen molar-refractivity contribution in [2.24, 2.45) is 0 Å². The van der Waals surface area contributed by atoms with Gasteiger partial charge in [0.15, 0.2) is 11.5 Å². The zero-order chi connectivity index (χ0) is 18.7. The van der Waals surface area contributed by atoms with Crippen molar-refractivity contribution in [2.45, 2.75) is 17.9 Å². The van der Waals surface area contributed by atoms with Gasteiger partial charge in [0.05, 0.1) is 19.1 Å². The first-order valence-electron chi connectivity index (χ1n) is 8.08. The van der Waals surface area contributed by atoms with Crippen LogP contribution in [-0.4, -0.2) is 35.9 Å². The molecule has 0 saturated heterocycles. The van der Waals surface area contributed by atoms with Crippen molar-refractivity contribution < 1.29 is 27.4 Å². The molecule has 0 amide bonds. The van der Waals surface area contributed by atoms with Crippen LogP contribution < -0.4 is 23.7 Å². The van der Waals surface area contributed by atoms with Gasteiger partial charge in [0.1, 0.15) is 24.7 Å². The molecule has 26 heavy (non-hydrogen) atoms. The summed E-state index contributed by atoms with van der Waals surface area (Å²) >= 11 is 0. The maximum atomic E-state index is 12.8. The van der Waals surface area contributed by atoms with Crippen LogP contribution in [0.25, 0.3) is 0 Å². The molecule has 8 heteroatoms. The normalized spacial score (nSPS) is 14.6. The molecular weight excluding hydrogens is 358 g/mol.